The number of carbonyl (C=O) groups is 1. The molecule has 0 unspecified atom stereocenters. The molecule has 1 rings (SSSR count). The quantitative estimate of drug-likeness (QED) is 0.559. The van der Waals surface area contributed by atoms with E-state index in [9.17, 15) is 4.79 Å². The van der Waals surface area contributed by atoms with Gasteiger partial charge in [-0.1, -0.05) is 12.1 Å². The average Bonchev–Trinajstić information content (AvgIpc) is 2.40. The Labute approximate surface area is 114 Å². The van der Waals surface area contributed by atoms with E-state index in [-0.39, 0.29) is 5.91 Å². The predicted octanol–water partition coefficient (Wildman–Crippen LogP) is 2.07. The van der Waals surface area contributed by atoms with E-state index in [1.54, 1.807) is 11.8 Å². The maximum absolute atomic E-state index is 11.5. The van der Waals surface area contributed by atoms with Gasteiger partial charge < -0.3 is 10.6 Å². The highest BCUT2D eigenvalue weighted by molar-refractivity contribution is 7.98. The van der Waals surface area contributed by atoms with Crippen molar-refractivity contribution < 1.29 is 4.79 Å². The summed E-state index contributed by atoms with van der Waals surface area (Å²) < 4.78 is 0. The molecule has 0 aliphatic rings. The Balaban J connectivity index is 2.18. The van der Waals surface area contributed by atoms with Crippen molar-refractivity contribution in [2.24, 2.45) is 0 Å². The van der Waals surface area contributed by atoms with Gasteiger partial charge in [-0.05, 0) is 50.4 Å². The first kappa shape index (κ1) is 15.1. The van der Waals surface area contributed by atoms with E-state index in [2.05, 4.69) is 41.2 Å². The van der Waals surface area contributed by atoms with Gasteiger partial charge in [-0.2, -0.15) is 0 Å². The Hall–Kier alpha value is -1.00. The van der Waals surface area contributed by atoms with E-state index in [0.29, 0.717) is 6.42 Å². The van der Waals surface area contributed by atoms with Gasteiger partial charge in [-0.15, -0.1) is 11.8 Å². The molecule has 0 spiro atoms. The van der Waals surface area contributed by atoms with E-state index < -0.39 is 0 Å². The summed E-state index contributed by atoms with van der Waals surface area (Å²) in [5.41, 5.74) is 1.27. The maximum atomic E-state index is 11.5. The lowest BCUT2D eigenvalue weighted by Crippen LogP contribution is -2.26. The number of nitrogens with one attached hydrogen (secondary N) is 2. The Bertz CT molecular complexity index is 351. The van der Waals surface area contributed by atoms with Crippen molar-refractivity contribution in [3.8, 4) is 0 Å². The standard InChI is InChI=1S/C14H22N2OS/c1-15-10-3-4-14(17)16-11-9-12-5-7-13(18-2)8-6-12/h5-8,15H,3-4,9-11H2,1-2H3,(H,16,17). The summed E-state index contributed by atoms with van der Waals surface area (Å²) in [4.78, 5) is 12.7. The molecule has 3 nitrogen and oxygen atoms in total. The van der Waals surface area contributed by atoms with Crippen LogP contribution in [0.25, 0.3) is 0 Å². The van der Waals surface area contributed by atoms with Gasteiger partial charge >= 0.3 is 0 Å². The van der Waals surface area contributed by atoms with Crippen molar-refractivity contribution >= 4 is 17.7 Å². The van der Waals surface area contributed by atoms with E-state index >= 15 is 0 Å². The molecule has 0 atom stereocenters. The fourth-order valence-electron chi connectivity index (χ4n) is 1.65. The van der Waals surface area contributed by atoms with Gasteiger partial charge in [0.15, 0.2) is 0 Å². The fraction of sp³-hybridized carbons (Fsp3) is 0.500. The molecule has 0 heterocycles. The van der Waals surface area contributed by atoms with Crippen LogP contribution in [0.2, 0.25) is 0 Å². The number of rotatable bonds is 8. The number of hydrogen-bond acceptors (Lipinski definition) is 3. The van der Waals surface area contributed by atoms with Crippen molar-refractivity contribution in [1.82, 2.24) is 10.6 Å². The Morgan fingerprint density at radius 1 is 1.22 bits per heavy atom. The SMILES string of the molecule is CNCCCC(=O)NCCc1ccc(SC)cc1. The zero-order valence-corrected chi connectivity index (χ0v) is 12.0. The van der Waals surface area contributed by atoms with Crippen LogP contribution in [-0.4, -0.2) is 32.3 Å². The molecule has 0 saturated carbocycles. The average molecular weight is 266 g/mol. The molecule has 100 valence electrons. The number of amides is 1. The summed E-state index contributed by atoms with van der Waals surface area (Å²) in [7, 11) is 1.90. The highest BCUT2D eigenvalue weighted by Gasteiger charge is 2.00. The van der Waals surface area contributed by atoms with Gasteiger partial charge in [0.25, 0.3) is 0 Å². The first-order valence-electron chi connectivity index (χ1n) is 6.30. The minimum atomic E-state index is 0.144. The molecule has 1 aromatic rings. The summed E-state index contributed by atoms with van der Waals surface area (Å²) >= 11 is 1.74. The minimum absolute atomic E-state index is 0.144. The third-order valence-corrected chi connectivity index (χ3v) is 3.47. The summed E-state index contributed by atoms with van der Waals surface area (Å²) in [6.07, 6.45) is 4.46. The van der Waals surface area contributed by atoms with E-state index in [0.717, 1.165) is 25.9 Å². The second-order valence-corrected chi connectivity index (χ2v) is 5.03. The van der Waals surface area contributed by atoms with Gasteiger partial charge in [-0.3, -0.25) is 4.79 Å². The van der Waals surface area contributed by atoms with E-state index in [1.807, 2.05) is 7.05 Å². The van der Waals surface area contributed by atoms with Crippen LogP contribution < -0.4 is 10.6 Å². The molecule has 0 fully saturated rings. The first-order chi connectivity index (χ1) is 8.76. The highest BCUT2D eigenvalue weighted by atomic mass is 32.2. The van der Waals surface area contributed by atoms with Crippen molar-refractivity contribution in [3.05, 3.63) is 29.8 Å². The van der Waals surface area contributed by atoms with E-state index in [1.165, 1.54) is 10.5 Å². The van der Waals surface area contributed by atoms with Crippen molar-refractivity contribution in [2.75, 3.05) is 26.4 Å². The fourth-order valence-corrected chi connectivity index (χ4v) is 2.06. The molecule has 0 radical (unpaired) electrons. The van der Waals surface area contributed by atoms with Crippen LogP contribution in [0.3, 0.4) is 0 Å². The summed E-state index contributed by atoms with van der Waals surface area (Å²) in [5.74, 6) is 0.144. The van der Waals surface area contributed by atoms with Crippen LogP contribution in [0.15, 0.2) is 29.2 Å². The topological polar surface area (TPSA) is 41.1 Å². The van der Waals surface area contributed by atoms with Crippen molar-refractivity contribution in [1.29, 1.82) is 0 Å². The summed E-state index contributed by atoms with van der Waals surface area (Å²) in [6.45, 7) is 1.61. The number of hydrogen-bond donors (Lipinski definition) is 2. The second kappa shape index (κ2) is 9.00. The van der Waals surface area contributed by atoms with Gasteiger partial charge in [0.2, 0.25) is 5.91 Å². The van der Waals surface area contributed by atoms with Crippen LogP contribution in [-0.2, 0) is 11.2 Å². The number of benzene rings is 1. The predicted molar refractivity (Wildman–Crippen MR) is 78.1 cm³/mol. The molecule has 1 aromatic carbocycles. The largest absolute Gasteiger partial charge is 0.356 e. The molecular weight excluding hydrogens is 244 g/mol. The Morgan fingerprint density at radius 2 is 1.94 bits per heavy atom. The molecule has 18 heavy (non-hydrogen) atoms. The van der Waals surface area contributed by atoms with Crippen molar-refractivity contribution in [3.63, 3.8) is 0 Å². The first-order valence-corrected chi connectivity index (χ1v) is 7.53. The van der Waals surface area contributed by atoms with Gasteiger partial charge in [0.05, 0.1) is 0 Å². The molecular formula is C14H22N2OS. The zero-order valence-electron chi connectivity index (χ0n) is 11.2. The smallest absolute Gasteiger partial charge is 0.220 e. The molecule has 1 amide bonds. The lowest BCUT2D eigenvalue weighted by Gasteiger charge is -2.06. The monoisotopic (exact) mass is 266 g/mol. The molecule has 2 N–H and O–H groups in total. The second-order valence-electron chi connectivity index (χ2n) is 4.16. The number of thioether (sulfide) groups is 1. The normalized spacial score (nSPS) is 10.3. The lowest BCUT2D eigenvalue weighted by atomic mass is 10.1. The van der Waals surface area contributed by atoms with Gasteiger partial charge in [-0.25, -0.2) is 0 Å². The van der Waals surface area contributed by atoms with Gasteiger partial charge in [0.1, 0.15) is 0 Å². The van der Waals surface area contributed by atoms with Crippen LogP contribution in [0.4, 0.5) is 0 Å². The molecule has 4 heteroatoms. The Kier molecular flexibility index (Phi) is 7.53. The van der Waals surface area contributed by atoms with E-state index in [4.69, 9.17) is 0 Å². The Morgan fingerprint density at radius 3 is 2.56 bits per heavy atom. The highest BCUT2D eigenvalue weighted by Crippen LogP contribution is 2.14. The summed E-state index contributed by atoms with van der Waals surface area (Å²) in [6, 6.07) is 8.49. The third-order valence-electron chi connectivity index (χ3n) is 2.73. The molecule has 0 aliphatic carbocycles. The third kappa shape index (κ3) is 6.07. The van der Waals surface area contributed by atoms with Crippen LogP contribution >= 0.6 is 11.8 Å². The molecule has 0 bridgehead atoms. The minimum Gasteiger partial charge on any atom is -0.356 e. The van der Waals surface area contributed by atoms with Crippen LogP contribution in [0, 0.1) is 0 Å². The maximum Gasteiger partial charge on any atom is 0.220 e. The van der Waals surface area contributed by atoms with Crippen molar-refractivity contribution in [2.45, 2.75) is 24.2 Å². The molecule has 0 saturated heterocycles. The molecule has 0 aliphatic heterocycles. The van der Waals surface area contributed by atoms with Crippen LogP contribution in [0.1, 0.15) is 18.4 Å². The lowest BCUT2D eigenvalue weighted by molar-refractivity contribution is -0.121. The zero-order chi connectivity index (χ0) is 13.2. The summed E-state index contributed by atoms with van der Waals surface area (Å²) in [5, 5.41) is 5.98. The van der Waals surface area contributed by atoms with Gasteiger partial charge in [0, 0.05) is 17.9 Å². The number of carbonyl (C=O) groups excluding carboxylic acids is 1. The van der Waals surface area contributed by atoms with Crippen LogP contribution in [0.5, 0.6) is 0 Å². The molecule has 0 aromatic heterocycles.